The van der Waals surface area contributed by atoms with Gasteiger partial charge in [0.25, 0.3) is 0 Å². The summed E-state index contributed by atoms with van der Waals surface area (Å²) >= 11 is 1.73. The molecular weight excluding hydrogens is 361 g/mol. The van der Waals surface area contributed by atoms with Crippen LogP contribution < -0.4 is 4.90 Å². The van der Waals surface area contributed by atoms with Crippen molar-refractivity contribution < 1.29 is 13.2 Å². The highest BCUT2D eigenvalue weighted by atomic mass is 32.2. The number of hydrogen-bond acceptors (Lipinski definition) is 5. The van der Waals surface area contributed by atoms with Crippen molar-refractivity contribution in [1.29, 1.82) is 0 Å². The van der Waals surface area contributed by atoms with Gasteiger partial charge in [-0.3, -0.25) is 0 Å². The van der Waals surface area contributed by atoms with E-state index in [0.29, 0.717) is 6.07 Å². The van der Waals surface area contributed by atoms with Gasteiger partial charge in [0.2, 0.25) is 0 Å². The second kappa shape index (κ2) is 7.08. The van der Waals surface area contributed by atoms with Gasteiger partial charge in [-0.15, -0.1) is 0 Å². The number of rotatable bonds is 3. The maximum absolute atomic E-state index is 14.2. The number of anilines is 1. The molecule has 26 heavy (non-hydrogen) atoms. The molecule has 3 heterocycles. The Labute approximate surface area is 154 Å². The maximum atomic E-state index is 14.2. The first-order valence-corrected chi connectivity index (χ1v) is 9.82. The molecule has 0 unspecified atom stereocenters. The highest BCUT2D eigenvalue weighted by Crippen LogP contribution is 2.37. The fourth-order valence-corrected chi connectivity index (χ4v) is 4.42. The third-order valence-electron chi connectivity index (χ3n) is 4.93. The summed E-state index contributed by atoms with van der Waals surface area (Å²) in [6.07, 6.45) is 0. The van der Waals surface area contributed by atoms with Crippen LogP contribution in [0.3, 0.4) is 0 Å². The number of benzene rings is 1. The normalized spacial score (nSPS) is 17.6. The largest absolute Gasteiger partial charge is 0.354 e. The lowest BCUT2D eigenvalue weighted by Crippen LogP contribution is -2.46. The molecule has 4 nitrogen and oxygen atoms in total. The molecule has 0 radical (unpaired) electrons. The number of halogens is 3. The zero-order valence-corrected chi connectivity index (χ0v) is 15.3. The average Bonchev–Trinajstić information content (AvgIpc) is 3.12. The molecule has 0 bridgehead atoms. The van der Waals surface area contributed by atoms with Crippen molar-refractivity contribution in [2.45, 2.75) is 18.4 Å². The predicted molar refractivity (Wildman–Crippen MR) is 96.7 cm³/mol. The van der Waals surface area contributed by atoms with Gasteiger partial charge in [0.1, 0.15) is 11.6 Å². The standard InChI is InChI=1S/C18H19F3N4S/c1-2-24-3-5-25(6-4-24)18-12-9-26-10-16(12)22-17(23-18)11-7-14(20)15(21)8-13(11)19/h7-8H,2-6,9-10H2,1H3. The number of piperazine rings is 1. The van der Waals surface area contributed by atoms with E-state index in [2.05, 4.69) is 26.7 Å². The molecule has 2 aliphatic rings. The van der Waals surface area contributed by atoms with Gasteiger partial charge in [0.15, 0.2) is 17.5 Å². The number of aromatic nitrogens is 2. The molecule has 0 saturated carbocycles. The molecule has 138 valence electrons. The summed E-state index contributed by atoms with van der Waals surface area (Å²) in [6.45, 7) is 6.70. The Morgan fingerprint density at radius 3 is 2.42 bits per heavy atom. The number of hydrogen-bond donors (Lipinski definition) is 0. The number of nitrogens with zero attached hydrogens (tertiary/aromatic N) is 4. The molecule has 1 fully saturated rings. The van der Waals surface area contributed by atoms with Crippen molar-refractivity contribution in [3.8, 4) is 11.4 Å². The molecule has 2 aliphatic heterocycles. The Morgan fingerprint density at radius 1 is 0.962 bits per heavy atom. The summed E-state index contributed by atoms with van der Waals surface area (Å²) in [5.41, 5.74) is 1.83. The third-order valence-corrected chi connectivity index (χ3v) is 5.90. The lowest BCUT2D eigenvalue weighted by Gasteiger charge is -2.35. The smallest absolute Gasteiger partial charge is 0.164 e. The molecule has 0 atom stereocenters. The SMILES string of the molecule is CCN1CCN(c2nc(-c3cc(F)c(F)cc3F)nc3c2CSC3)CC1. The predicted octanol–water partition coefficient (Wildman–Crippen LogP) is 3.45. The summed E-state index contributed by atoms with van der Waals surface area (Å²) in [5.74, 6) is -0.698. The molecule has 4 rings (SSSR count). The van der Waals surface area contributed by atoms with Gasteiger partial charge in [0, 0.05) is 49.3 Å². The van der Waals surface area contributed by atoms with Crippen LogP contribution in [0, 0.1) is 17.5 Å². The van der Waals surface area contributed by atoms with E-state index in [1.807, 2.05) is 0 Å². The second-order valence-corrected chi connectivity index (χ2v) is 7.44. The van der Waals surface area contributed by atoms with E-state index in [0.717, 1.165) is 67.4 Å². The van der Waals surface area contributed by atoms with E-state index in [1.54, 1.807) is 11.8 Å². The van der Waals surface area contributed by atoms with E-state index in [-0.39, 0.29) is 11.4 Å². The van der Waals surface area contributed by atoms with Gasteiger partial charge >= 0.3 is 0 Å². The Hall–Kier alpha value is -1.80. The quantitative estimate of drug-likeness (QED) is 0.762. The Bertz CT molecular complexity index is 838. The van der Waals surface area contributed by atoms with E-state index in [9.17, 15) is 13.2 Å². The second-order valence-electron chi connectivity index (χ2n) is 6.46. The summed E-state index contributed by atoms with van der Waals surface area (Å²) in [5, 5.41) is 0. The van der Waals surface area contributed by atoms with Crippen molar-refractivity contribution in [2.24, 2.45) is 0 Å². The molecule has 2 aromatic rings. The van der Waals surface area contributed by atoms with Gasteiger partial charge in [0.05, 0.1) is 11.3 Å². The molecule has 1 aromatic carbocycles. The van der Waals surface area contributed by atoms with Gasteiger partial charge in [-0.05, 0) is 12.6 Å². The van der Waals surface area contributed by atoms with Crippen molar-refractivity contribution >= 4 is 17.6 Å². The topological polar surface area (TPSA) is 32.3 Å². The van der Waals surface area contributed by atoms with Crippen LogP contribution in [-0.2, 0) is 11.5 Å². The summed E-state index contributed by atoms with van der Waals surface area (Å²) in [4.78, 5) is 13.6. The number of fused-ring (bicyclic) bond motifs is 1. The fourth-order valence-electron chi connectivity index (χ4n) is 3.39. The highest BCUT2D eigenvalue weighted by molar-refractivity contribution is 7.98. The van der Waals surface area contributed by atoms with Crippen LogP contribution in [0.25, 0.3) is 11.4 Å². The Morgan fingerprint density at radius 2 is 1.69 bits per heavy atom. The van der Waals surface area contributed by atoms with E-state index >= 15 is 0 Å². The van der Waals surface area contributed by atoms with Crippen LogP contribution in [-0.4, -0.2) is 47.6 Å². The Balaban J connectivity index is 1.75. The minimum absolute atomic E-state index is 0.1000. The van der Waals surface area contributed by atoms with Crippen LogP contribution in [0.1, 0.15) is 18.2 Å². The van der Waals surface area contributed by atoms with Crippen molar-refractivity contribution in [3.63, 3.8) is 0 Å². The maximum Gasteiger partial charge on any atom is 0.164 e. The molecule has 1 saturated heterocycles. The first-order valence-electron chi connectivity index (χ1n) is 8.66. The zero-order chi connectivity index (χ0) is 18.3. The van der Waals surface area contributed by atoms with E-state index < -0.39 is 17.5 Å². The van der Waals surface area contributed by atoms with Gasteiger partial charge in [-0.1, -0.05) is 6.92 Å². The lowest BCUT2D eigenvalue weighted by molar-refractivity contribution is 0.270. The highest BCUT2D eigenvalue weighted by Gasteiger charge is 2.27. The molecule has 1 aromatic heterocycles. The van der Waals surface area contributed by atoms with Crippen molar-refractivity contribution in [3.05, 3.63) is 40.8 Å². The molecular formula is C18H19F3N4S. The monoisotopic (exact) mass is 380 g/mol. The average molecular weight is 380 g/mol. The van der Waals surface area contributed by atoms with Crippen LogP contribution in [0.15, 0.2) is 12.1 Å². The molecule has 0 N–H and O–H groups in total. The fraction of sp³-hybridized carbons (Fsp3) is 0.444. The molecule has 0 aliphatic carbocycles. The molecule has 8 heteroatoms. The number of thioether (sulfide) groups is 1. The van der Waals surface area contributed by atoms with Crippen molar-refractivity contribution in [2.75, 3.05) is 37.6 Å². The van der Waals surface area contributed by atoms with Gasteiger partial charge < -0.3 is 9.80 Å². The van der Waals surface area contributed by atoms with E-state index in [4.69, 9.17) is 0 Å². The van der Waals surface area contributed by atoms with Crippen LogP contribution in [0.4, 0.5) is 19.0 Å². The Kier molecular flexibility index (Phi) is 4.79. The zero-order valence-electron chi connectivity index (χ0n) is 14.4. The minimum Gasteiger partial charge on any atom is -0.354 e. The minimum atomic E-state index is -1.21. The number of likely N-dealkylation sites (N-methyl/N-ethyl adjacent to an activating group) is 1. The summed E-state index contributed by atoms with van der Waals surface area (Å²) in [6, 6.07) is 1.39. The molecule has 0 spiro atoms. The van der Waals surface area contributed by atoms with Crippen LogP contribution >= 0.6 is 11.8 Å². The molecule has 0 amide bonds. The van der Waals surface area contributed by atoms with Crippen LogP contribution in [0.2, 0.25) is 0 Å². The summed E-state index contributed by atoms with van der Waals surface area (Å²) in [7, 11) is 0. The van der Waals surface area contributed by atoms with Gasteiger partial charge in [-0.25, -0.2) is 23.1 Å². The third kappa shape index (κ3) is 3.16. The van der Waals surface area contributed by atoms with Crippen molar-refractivity contribution in [1.82, 2.24) is 14.9 Å². The van der Waals surface area contributed by atoms with Gasteiger partial charge in [-0.2, -0.15) is 11.8 Å². The first kappa shape index (κ1) is 17.6. The lowest BCUT2D eigenvalue weighted by atomic mass is 10.1. The van der Waals surface area contributed by atoms with Crippen LogP contribution in [0.5, 0.6) is 0 Å². The first-order chi connectivity index (χ1) is 12.6. The summed E-state index contributed by atoms with van der Waals surface area (Å²) < 4.78 is 41.1. The van der Waals surface area contributed by atoms with E-state index in [1.165, 1.54) is 0 Å².